The van der Waals surface area contributed by atoms with Crippen LogP contribution in [0.5, 0.6) is 0 Å². The Bertz CT molecular complexity index is 163. The summed E-state index contributed by atoms with van der Waals surface area (Å²) < 4.78 is 0. The van der Waals surface area contributed by atoms with E-state index in [1.54, 1.807) is 0 Å². The van der Waals surface area contributed by atoms with Crippen molar-refractivity contribution in [2.45, 2.75) is 19.4 Å². The summed E-state index contributed by atoms with van der Waals surface area (Å²) in [6.45, 7) is 7.92. The SMILES string of the molecule is CC(C)(C#N)N1CCNCC1. The lowest BCUT2D eigenvalue weighted by Gasteiger charge is -2.36. The summed E-state index contributed by atoms with van der Waals surface area (Å²) in [5.41, 5.74) is -0.290. The van der Waals surface area contributed by atoms with Gasteiger partial charge in [0.15, 0.2) is 0 Å². The molecule has 1 aliphatic heterocycles. The number of rotatable bonds is 1. The zero-order valence-corrected chi connectivity index (χ0v) is 7.22. The minimum absolute atomic E-state index is 0.290. The third-order valence-corrected chi connectivity index (χ3v) is 2.18. The summed E-state index contributed by atoms with van der Waals surface area (Å²) in [7, 11) is 0. The molecule has 0 radical (unpaired) electrons. The number of nitrogens with one attached hydrogen (secondary N) is 1. The summed E-state index contributed by atoms with van der Waals surface area (Å²) in [5.74, 6) is 0. The fourth-order valence-electron chi connectivity index (χ4n) is 1.29. The van der Waals surface area contributed by atoms with E-state index < -0.39 is 0 Å². The Morgan fingerprint density at radius 2 is 1.91 bits per heavy atom. The van der Waals surface area contributed by atoms with Crippen LogP contribution in [0.2, 0.25) is 0 Å². The molecule has 0 saturated carbocycles. The van der Waals surface area contributed by atoms with E-state index in [1.807, 2.05) is 13.8 Å². The highest BCUT2D eigenvalue weighted by Crippen LogP contribution is 2.12. The summed E-state index contributed by atoms with van der Waals surface area (Å²) in [6.07, 6.45) is 0. The molecule has 0 aromatic rings. The summed E-state index contributed by atoms with van der Waals surface area (Å²) in [5, 5.41) is 12.1. The first-order valence-electron chi connectivity index (χ1n) is 4.04. The van der Waals surface area contributed by atoms with E-state index in [1.165, 1.54) is 0 Å². The second-order valence-electron chi connectivity index (χ2n) is 3.41. The van der Waals surface area contributed by atoms with Crippen LogP contribution in [-0.2, 0) is 0 Å². The Balaban J connectivity index is 2.52. The maximum Gasteiger partial charge on any atom is 0.103 e. The van der Waals surface area contributed by atoms with Crippen LogP contribution in [0.25, 0.3) is 0 Å². The van der Waals surface area contributed by atoms with Gasteiger partial charge in [-0.25, -0.2) is 0 Å². The first kappa shape index (κ1) is 8.51. The lowest BCUT2D eigenvalue weighted by molar-refractivity contribution is 0.147. The van der Waals surface area contributed by atoms with E-state index in [0.29, 0.717) is 0 Å². The van der Waals surface area contributed by atoms with Gasteiger partial charge in [0, 0.05) is 26.2 Å². The second kappa shape index (κ2) is 3.21. The second-order valence-corrected chi connectivity index (χ2v) is 3.41. The van der Waals surface area contributed by atoms with E-state index in [4.69, 9.17) is 5.26 Å². The van der Waals surface area contributed by atoms with E-state index in [9.17, 15) is 0 Å². The molecule has 0 spiro atoms. The van der Waals surface area contributed by atoms with Crippen molar-refractivity contribution in [1.82, 2.24) is 10.2 Å². The zero-order chi connectivity index (χ0) is 8.32. The molecule has 0 aliphatic carbocycles. The molecule has 1 heterocycles. The number of hydrogen-bond donors (Lipinski definition) is 1. The molecule has 0 unspecified atom stereocenters. The fraction of sp³-hybridized carbons (Fsp3) is 0.875. The van der Waals surface area contributed by atoms with Crippen molar-refractivity contribution in [1.29, 1.82) is 5.26 Å². The Hall–Kier alpha value is -0.590. The molecule has 3 nitrogen and oxygen atoms in total. The fourth-order valence-corrected chi connectivity index (χ4v) is 1.29. The molecular formula is C8H15N3. The van der Waals surface area contributed by atoms with E-state index in [-0.39, 0.29) is 5.54 Å². The lowest BCUT2D eigenvalue weighted by atomic mass is 10.0. The molecule has 1 aliphatic rings. The standard InChI is InChI=1S/C8H15N3/c1-8(2,7-9)11-5-3-10-4-6-11/h10H,3-6H2,1-2H3. The summed E-state index contributed by atoms with van der Waals surface area (Å²) in [4.78, 5) is 2.21. The van der Waals surface area contributed by atoms with Gasteiger partial charge in [-0.3, -0.25) is 4.90 Å². The van der Waals surface area contributed by atoms with E-state index in [2.05, 4.69) is 16.3 Å². The zero-order valence-electron chi connectivity index (χ0n) is 7.22. The molecule has 0 bridgehead atoms. The molecule has 11 heavy (non-hydrogen) atoms. The molecule has 0 aromatic carbocycles. The molecule has 0 atom stereocenters. The van der Waals surface area contributed by atoms with Crippen LogP contribution < -0.4 is 5.32 Å². The van der Waals surface area contributed by atoms with Gasteiger partial charge in [-0.1, -0.05) is 0 Å². The van der Waals surface area contributed by atoms with Gasteiger partial charge >= 0.3 is 0 Å². The molecule has 1 fully saturated rings. The van der Waals surface area contributed by atoms with Crippen molar-refractivity contribution in [3.8, 4) is 6.07 Å². The van der Waals surface area contributed by atoms with Crippen LogP contribution in [0.15, 0.2) is 0 Å². The van der Waals surface area contributed by atoms with Crippen LogP contribution in [0.4, 0.5) is 0 Å². The quantitative estimate of drug-likeness (QED) is 0.584. The van der Waals surface area contributed by atoms with Crippen LogP contribution >= 0.6 is 0 Å². The molecule has 1 rings (SSSR count). The normalized spacial score (nSPS) is 21.2. The molecule has 1 N–H and O–H groups in total. The Morgan fingerprint density at radius 1 is 1.36 bits per heavy atom. The molecule has 62 valence electrons. The highest BCUT2D eigenvalue weighted by atomic mass is 15.2. The average Bonchev–Trinajstić information content (AvgIpc) is 2.06. The summed E-state index contributed by atoms with van der Waals surface area (Å²) >= 11 is 0. The molecule has 0 aromatic heterocycles. The van der Waals surface area contributed by atoms with Crippen LogP contribution in [0.3, 0.4) is 0 Å². The maximum atomic E-state index is 8.83. The number of nitrogens with zero attached hydrogens (tertiary/aromatic N) is 2. The van der Waals surface area contributed by atoms with Gasteiger partial charge in [0.05, 0.1) is 6.07 Å². The maximum absolute atomic E-state index is 8.83. The number of piperazine rings is 1. The third kappa shape index (κ3) is 1.92. The monoisotopic (exact) mass is 153 g/mol. The van der Waals surface area contributed by atoms with Crippen LogP contribution in [-0.4, -0.2) is 36.6 Å². The largest absolute Gasteiger partial charge is 0.314 e. The van der Waals surface area contributed by atoms with Crippen molar-refractivity contribution in [3.63, 3.8) is 0 Å². The van der Waals surface area contributed by atoms with Crippen molar-refractivity contribution >= 4 is 0 Å². The predicted molar refractivity (Wildman–Crippen MR) is 44.1 cm³/mol. The topological polar surface area (TPSA) is 39.1 Å². The van der Waals surface area contributed by atoms with Crippen molar-refractivity contribution in [3.05, 3.63) is 0 Å². The van der Waals surface area contributed by atoms with Gasteiger partial charge < -0.3 is 5.32 Å². The van der Waals surface area contributed by atoms with Gasteiger partial charge in [-0.2, -0.15) is 5.26 Å². The minimum Gasteiger partial charge on any atom is -0.314 e. The Kier molecular flexibility index (Phi) is 2.48. The van der Waals surface area contributed by atoms with Crippen molar-refractivity contribution in [2.24, 2.45) is 0 Å². The first-order chi connectivity index (χ1) is 5.17. The highest BCUT2D eigenvalue weighted by Gasteiger charge is 2.26. The molecule has 1 saturated heterocycles. The molecular weight excluding hydrogens is 138 g/mol. The number of nitriles is 1. The van der Waals surface area contributed by atoms with Gasteiger partial charge in [-0.15, -0.1) is 0 Å². The van der Waals surface area contributed by atoms with Gasteiger partial charge in [0.25, 0.3) is 0 Å². The van der Waals surface area contributed by atoms with Crippen LogP contribution in [0.1, 0.15) is 13.8 Å². The van der Waals surface area contributed by atoms with Crippen molar-refractivity contribution in [2.75, 3.05) is 26.2 Å². The lowest BCUT2D eigenvalue weighted by Crippen LogP contribution is -2.52. The Labute approximate surface area is 68.0 Å². The smallest absolute Gasteiger partial charge is 0.103 e. The average molecular weight is 153 g/mol. The molecule has 3 heteroatoms. The first-order valence-corrected chi connectivity index (χ1v) is 4.04. The highest BCUT2D eigenvalue weighted by molar-refractivity contribution is 5.02. The Morgan fingerprint density at radius 3 is 2.36 bits per heavy atom. The van der Waals surface area contributed by atoms with Gasteiger partial charge in [0.2, 0.25) is 0 Å². The third-order valence-electron chi connectivity index (χ3n) is 2.18. The minimum atomic E-state index is -0.290. The molecule has 0 amide bonds. The predicted octanol–water partition coefficient (Wildman–Crippen LogP) is 0.194. The van der Waals surface area contributed by atoms with Gasteiger partial charge in [0.1, 0.15) is 5.54 Å². The van der Waals surface area contributed by atoms with Crippen LogP contribution in [0, 0.1) is 11.3 Å². The van der Waals surface area contributed by atoms with Crippen molar-refractivity contribution < 1.29 is 0 Å². The van der Waals surface area contributed by atoms with Gasteiger partial charge in [-0.05, 0) is 13.8 Å². The van der Waals surface area contributed by atoms with E-state index >= 15 is 0 Å². The number of hydrogen-bond acceptors (Lipinski definition) is 3. The summed E-state index contributed by atoms with van der Waals surface area (Å²) in [6, 6.07) is 2.31. The van der Waals surface area contributed by atoms with E-state index in [0.717, 1.165) is 26.2 Å².